The monoisotopic (exact) mass is 340 g/mol. The number of amides is 2. The molecule has 0 spiro atoms. The lowest BCUT2D eigenvalue weighted by atomic mass is 9.79. The summed E-state index contributed by atoms with van der Waals surface area (Å²) in [7, 11) is 3.05. The van der Waals surface area contributed by atoms with Gasteiger partial charge < -0.3 is 4.74 Å². The highest BCUT2D eigenvalue weighted by molar-refractivity contribution is 5.85. The molecule has 0 bridgehead atoms. The summed E-state index contributed by atoms with van der Waals surface area (Å²) in [5, 5.41) is 1.21. The maximum atomic E-state index is 12.6. The fraction of sp³-hybridized carbons (Fsp3) is 0.889. The molecule has 6 heteroatoms. The van der Waals surface area contributed by atoms with E-state index in [1.165, 1.54) is 44.3 Å². The van der Waals surface area contributed by atoms with E-state index in [4.69, 9.17) is 9.57 Å². The van der Waals surface area contributed by atoms with Gasteiger partial charge in [0.15, 0.2) is 0 Å². The average Bonchev–Trinajstić information content (AvgIpc) is 2.98. The predicted octanol–water partition coefficient (Wildman–Crippen LogP) is 3.21. The molecule has 1 heterocycles. The van der Waals surface area contributed by atoms with E-state index in [9.17, 15) is 9.59 Å². The van der Waals surface area contributed by atoms with Crippen LogP contribution in [0.1, 0.15) is 59.3 Å². The van der Waals surface area contributed by atoms with Gasteiger partial charge in [-0.25, -0.2) is 9.86 Å². The third-order valence-electron chi connectivity index (χ3n) is 5.15. The number of rotatable bonds is 3. The second-order valence-electron chi connectivity index (χ2n) is 8.06. The zero-order chi connectivity index (χ0) is 17.9. The summed E-state index contributed by atoms with van der Waals surface area (Å²) in [4.78, 5) is 31.9. The van der Waals surface area contributed by atoms with E-state index >= 15 is 0 Å². The summed E-state index contributed by atoms with van der Waals surface area (Å²) in [6.45, 7) is 6.14. The fourth-order valence-corrected chi connectivity index (χ4v) is 3.87. The molecular formula is C18H32N2O4. The van der Waals surface area contributed by atoms with Gasteiger partial charge in [-0.1, -0.05) is 32.1 Å². The number of carbonyl (C=O) groups is 2. The topological polar surface area (TPSA) is 59.1 Å². The molecule has 2 fully saturated rings. The van der Waals surface area contributed by atoms with Crippen LogP contribution in [0.4, 0.5) is 4.79 Å². The zero-order valence-corrected chi connectivity index (χ0v) is 15.7. The first-order valence-corrected chi connectivity index (χ1v) is 9.04. The number of hydrogen-bond acceptors (Lipinski definition) is 4. The SMILES string of the molecule is CON(C)C(=O)C1CC(C2CCCCC2)CN1C(=O)OC(C)(C)C. The maximum Gasteiger partial charge on any atom is 0.410 e. The summed E-state index contributed by atoms with van der Waals surface area (Å²) in [6.07, 6.45) is 6.52. The Labute approximate surface area is 145 Å². The molecule has 0 aromatic carbocycles. The number of likely N-dealkylation sites (N-methyl/N-ethyl adjacent to an activating group) is 1. The van der Waals surface area contributed by atoms with E-state index in [0.29, 0.717) is 24.8 Å². The van der Waals surface area contributed by atoms with Crippen molar-refractivity contribution >= 4 is 12.0 Å². The second kappa shape index (κ2) is 7.72. The minimum absolute atomic E-state index is 0.179. The molecule has 1 saturated carbocycles. The van der Waals surface area contributed by atoms with Crippen molar-refractivity contribution < 1.29 is 19.2 Å². The Bertz CT molecular complexity index is 454. The number of ether oxygens (including phenoxy) is 1. The maximum absolute atomic E-state index is 12.6. The van der Waals surface area contributed by atoms with Gasteiger partial charge in [0.1, 0.15) is 11.6 Å². The van der Waals surface area contributed by atoms with E-state index < -0.39 is 17.7 Å². The third kappa shape index (κ3) is 4.62. The first kappa shape index (κ1) is 19.0. The minimum atomic E-state index is -0.569. The first-order valence-electron chi connectivity index (χ1n) is 9.04. The smallest absolute Gasteiger partial charge is 0.410 e. The summed E-state index contributed by atoms with van der Waals surface area (Å²) >= 11 is 0. The number of likely N-dealkylation sites (tertiary alicyclic amines) is 1. The van der Waals surface area contributed by atoms with Crippen molar-refractivity contribution in [3.63, 3.8) is 0 Å². The van der Waals surface area contributed by atoms with Gasteiger partial charge in [-0.3, -0.25) is 14.5 Å². The summed E-state index contributed by atoms with van der Waals surface area (Å²) in [6, 6.07) is -0.489. The van der Waals surface area contributed by atoms with Crippen molar-refractivity contribution in [1.82, 2.24) is 9.96 Å². The van der Waals surface area contributed by atoms with Crippen LogP contribution in [0.5, 0.6) is 0 Å². The van der Waals surface area contributed by atoms with Crippen molar-refractivity contribution in [3.8, 4) is 0 Å². The van der Waals surface area contributed by atoms with Crippen LogP contribution < -0.4 is 0 Å². The molecule has 0 N–H and O–H groups in total. The van der Waals surface area contributed by atoms with Gasteiger partial charge in [0.2, 0.25) is 0 Å². The highest BCUT2D eigenvalue weighted by Gasteiger charge is 2.45. The molecule has 2 unspecified atom stereocenters. The van der Waals surface area contributed by atoms with E-state index in [1.807, 2.05) is 20.8 Å². The molecule has 0 radical (unpaired) electrons. The average molecular weight is 340 g/mol. The van der Waals surface area contributed by atoms with E-state index in [1.54, 1.807) is 11.9 Å². The fourth-order valence-electron chi connectivity index (χ4n) is 3.87. The quantitative estimate of drug-likeness (QED) is 0.740. The largest absolute Gasteiger partial charge is 0.444 e. The number of hydrogen-bond donors (Lipinski definition) is 0. The Morgan fingerprint density at radius 2 is 1.71 bits per heavy atom. The first-order chi connectivity index (χ1) is 11.2. The van der Waals surface area contributed by atoms with E-state index in [0.717, 1.165) is 0 Å². The van der Waals surface area contributed by atoms with Crippen molar-refractivity contribution in [3.05, 3.63) is 0 Å². The Morgan fingerprint density at radius 1 is 1.08 bits per heavy atom. The lowest BCUT2D eigenvalue weighted by Crippen LogP contribution is -2.47. The van der Waals surface area contributed by atoms with Crippen LogP contribution in [-0.4, -0.2) is 54.3 Å². The summed E-state index contributed by atoms with van der Waals surface area (Å²) in [5.41, 5.74) is -0.569. The molecule has 0 aromatic heterocycles. The third-order valence-corrected chi connectivity index (χ3v) is 5.15. The normalized spacial score (nSPS) is 25.6. The highest BCUT2D eigenvalue weighted by Crippen LogP contribution is 2.38. The minimum Gasteiger partial charge on any atom is -0.444 e. The number of hydroxylamine groups is 2. The Kier molecular flexibility index (Phi) is 6.12. The van der Waals surface area contributed by atoms with Crippen LogP contribution in [-0.2, 0) is 14.4 Å². The van der Waals surface area contributed by atoms with Crippen molar-refractivity contribution in [2.75, 3.05) is 20.7 Å². The Morgan fingerprint density at radius 3 is 2.25 bits per heavy atom. The molecule has 24 heavy (non-hydrogen) atoms. The Hall–Kier alpha value is -1.30. The standard InChI is InChI=1S/C18H32N2O4/c1-18(2,3)24-17(22)20-12-14(13-9-7-6-8-10-13)11-15(20)16(21)19(4)23-5/h13-15H,6-12H2,1-5H3. The molecule has 2 aliphatic rings. The molecule has 0 aromatic rings. The second-order valence-corrected chi connectivity index (χ2v) is 8.06. The lowest BCUT2D eigenvalue weighted by Gasteiger charge is -2.29. The number of nitrogens with zero attached hydrogens (tertiary/aromatic N) is 2. The van der Waals surface area contributed by atoms with Crippen molar-refractivity contribution in [1.29, 1.82) is 0 Å². The van der Waals surface area contributed by atoms with Gasteiger partial charge in [0, 0.05) is 13.6 Å². The molecule has 138 valence electrons. The van der Waals surface area contributed by atoms with Crippen LogP contribution in [0.3, 0.4) is 0 Å². The van der Waals surface area contributed by atoms with Gasteiger partial charge in [-0.05, 0) is 39.0 Å². The molecule has 2 amide bonds. The lowest BCUT2D eigenvalue weighted by molar-refractivity contribution is -0.173. The van der Waals surface area contributed by atoms with Crippen molar-refractivity contribution in [2.24, 2.45) is 11.8 Å². The molecule has 1 saturated heterocycles. The van der Waals surface area contributed by atoms with E-state index in [-0.39, 0.29) is 5.91 Å². The van der Waals surface area contributed by atoms with Crippen LogP contribution >= 0.6 is 0 Å². The van der Waals surface area contributed by atoms with Gasteiger partial charge in [-0.15, -0.1) is 0 Å². The molecule has 1 aliphatic carbocycles. The van der Waals surface area contributed by atoms with Gasteiger partial charge >= 0.3 is 6.09 Å². The van der Waals surface area contributed by atoms with E-state index in [2.05, 4.69) is 0 Å². The number of carbonyl (C=O) groups excluding carboxylic acids is 2. The Balaban J connectivity index is 2.13. The zero-order valence-electron chi connectivity index (χ0n) is 15.7. The highest BCUT2D eigenvalue weighted by atomic mass is 16.7. The van der Waals surface area contributed by atoms with Crippen molar-refractivity contribution in [2.45, 2.75) is 70.9 Å². The van der Waals surface area contributed by atoms with Gasteiger partial charge in [0.05, 0.1) is 7.11 Å². The van der Waals surface area contributed by atoms with Gasteiger partial charge in [0.25, 0.3) is 5.91 Å². The van der Waals surface area contributed by atoms with Crippen LogP contribution in [0.15, 0.2) is 0 Å². The molecular weight excluding hydrogens is 308 g/mol. The summed E-state index contributed by atoms with van der Waals surface area (Å²) < 4.78 is 5.53. The molecule has 2 rings (SSSR count). The molecule has 2 atom stereocenters. The van der Waals surface area contributed by atoms with Gasteiger partial charge in [-0.2, -0.15) is 0 Å². The van der Waals surface area contributed by atoms with Crippen LogP contribution in [0.2, 0.25) is 0 Å². The molecule has 6 nitrogen and oxygen atoms in total. The van der Waals surface area contributed by atoms with Crippen LogP contribution in [0.25, 0.3) is 0 Å². The summed E-state index contributed by atoms with van der Waals surface area (Å²) in [5.74, 6) is 0.799. The predicted molar refractivity (Wildman–Crippen MR) is 91.2 cm³/mol. The molecule has 1 aliphatic heterocycles. The van der Waals surface area contributed by atoms with Crippen LogP contribution in [0, 0.1) is 11.8 Å².